The molecule has 1 aliphatic heterocycles. The monoisotopic (exact) mass is 281 g/mol. The van der Waals surface area contributed by atoms with Crippen LogP contribution in [0.2, 0.25) is 0 Å². The summed E-state index contributed by atoms with van der Waals surface area (Å²) in [6.45, 7) is 8.44. The second kappa shape index (κ2) is 5.68. The molecule has 0 atom stereocenters. The minimum Gasteiger partial charge on any atom is -0.398 e. The van der Waals surface area contributed by atoms with Crippen LogP contribution >= 0.6 is 0 Å². The molecule has 0 aromatic heterocycles. The Morgan fingerprint density at radius 1 is 0.857 bits per heavy atom. The normalized spacial score (nSPS) is 15.3. The standard InChI is InChI=1S/C18H23N3/c1-14-5-3-6-16(13-14)20-9-11-21(12-10-20)18-8-4-7-17(19)15(18)2/h3-8,13H,9-12,19H2,1-2H3. The molecule has 2 aromatic carbocycles. The molecule has 0 unspecified atom stereocenters. The third-order valence-corrected chi connectivity index (χ3v) is 4.33. The van der Waals surface area contributed by atoms with Crippen molar-refractivity contribution in [1.82, 2.24) is 0 Å². The predicted molar refractivity (Wildman–Crippen MR) is 91.2 cm³/mol. The minimum absolute atomic E-state index is 0.883. The van der Waals surface area contributed by atoms with Crippen LogP contribution in [0.3, 0.4) is 0 Å². The fourth-order valence-electron chi connectivity index (χ4n) is 3.01. The zero-order chi connectivity index (χ0) is 14.8. The summed E-state index contributed by atoms with van der Waals surface area (Å²) >= 11 is 0. The fourth-order valence-corrected chi connectivity index (χ4v) is 3.01. The van der Waals surface area contributed by atoms with E-state index < -0.39 is 0 Å². The van der Waals surface area contributed by atoms with E-state index in [1.54, 1.807) is 0 Å². The molecule has 2 N–H and O–H groups in total. The molecule has 1 aliphatic rings. The Kier molecular flexibility index (Phi) is 3.74. The number of rotatable bonds is 2. The molecule has 3 heteroatoms. The molecule has 0 radical (unpaired) electrons. The van der Waals surface area contributed by atoms with Crippen LogP contribution in [0, 0.1) is 13.8 Å². The first-order valence-corrected chi connectivity index (χ1v) is 7.57. The van der Waals surface area contributed by atoms with Crippen LogP contribution in [0.4, 0.5) is 17.1 Å². The number of anilines is 3. The molecule has 0 amide bonds. The number of nitrogens with two attached hydrogens (primary N) is 1. The van der Waals surface area contributed by atoms with E-state index in [1.807, 2.05) is 12.1 Å². The summed E-state index contributed by atoms with van der Waals surface area (Å²) in [7, 11) is 0. The van der Waals surface area contributed by atoms with Crippen molar-refractivity contribution in [3.63, 3.8) is 0 Å². The Morgan fingerprint density at radius 3 is 2.24 bits per heavy atom. The number of piperazine rings is 1. The second-order valence-corrected chi connectivity index (χ2v) is 5.80. The van der Waals surface area contributed by atoms with Crippen molar-refractivity contribution in [2.75, 3.05) is 41.7 Å². The zero-order valence-electron chi connectivity index (χ0n) is 12.8. The summed E-state index contributed by atoms with van der Waals surface area (Å²) < 4.78 is 0. The van der Waals surface area contributed by atoms with Crippen LogP contribution < -0.4 is 15.5 Å². The van der Waals surface area contributed by atoms with E-state index in [2.05, 4.69) is 54.0 Å². The topological polar surface area (TPSA) is 32.5 Å². The third kappa shape index (κ3) is 2.82. The van der Waals surface area contributed by atoms with Gasteiger partial charge < -0.3 is 15.5 Å². The maximum absolute atomic E-state index is 6.03. The summed E-state index contributed by atoms with van der Waals surface area (Å²) in [4.78, 5) is 4.91. The van der Waals surface area contributed by atoms with Crippen molar-refractivity contribution in [3.05, 3.63) is 53.6 Å². The van der Waals surface area contributed by atoms with Gasteiger partial charge in [0.15, 0.2) is 0 Å². The first kappa shape index (κ1) is 13.8. The van der Waals surface area contributed by atoms with Crippen LogP contribution in [0.5, 0.6) is 0 Å². The van der Waals surface area contributed by atoms with E-state index >= 15 is 0 Å². The van der Waals surface area contributed by atoms with E-state index in [0.29, 0.717) is 0 Å². The summed E-state index contributed by atoms with van der Waals surface area (Å²) in [5.74, 6) is 0. The number of hydrogen-bond donors (Lipinski definition) is 1. The molecular formula is C18H23N3. The van der Waals surface area contributed by atoms with Gasteiger partial charge >= 0.3 is 0 Å². The highest BCUT2D eigenvalue weighted by Crippen LogP contribution is 2.26. The van der Waals surface area contributed by atoms with Gasteiger partial charge in [-0.05, 0) is 49.2 Å². The van der Waals surface area contributed by atoms with Crippen LogP contribution in [0.15, 0.2) is 42.5 Å². The Hall–Kier alpha value is -2.16. The smallest absolute Gasteiger partial charge is 0.0417 e. The zero-order valence-corrected chi connectivity index (χ0v) is 12.8. The predicted octanol–water partition coefficient (Wildman–Crippen LogP) is 3.21. The Bertz CT molecular complexity index is 628. The van der Waals surface area contributed by atoms with Gasteiger partial charge in [-0.15, -0.1) is 0 Å². The molecule has 3 nitrogen and oxygen atoms in total. The first-order chi connectivity index (χ1) is 10.1. The fraction of sp³-hybridized carbons (Fsp3) is 0.333. The molecule has 0 spiro atoms. The summed E-state index contributed by atoms with van der Waals surface area (Å²) in [6.07, 6.45) is 0. The van der Waals surface area contributed by atoms with Crippen LogP contribution in [0.1, 0.15) is 11.1 Å². The molecule has 1 saturated heterocycles. The Morgan fingerprint density at radius 2 is 1.52 bits per heavy atom. The summed E-state index contributed by atoms with van der Waals surface area (Å²) in [5.41, 5.74) is 12.0. The highest BCUT2D eigenvalue weighted by Gasteiger charge is 2.19. The molecule has 2 aromatic rings. The van der Waals surface area contributed by atoms with Crippen molar-refractivity contribution in [2.24, 2.45) is 0 Å². The van der Waals surface area contributed by atoms with Crippen molar-refractivity contribution in [3.8, 4) is 0 Å². The Balaban J connectivity index is 1.72. The largest absolute Gasteiger partial charge is 0.398 e. The molecule has 0 aliphatic carbocycles. The lowest BCUT2D eigenvalue weighted by molar-refractivity contribution is 0.652. The van der Waals surface area contributed by atoms with Gasteiger partial charge in [0.1, 0.15) is 0 Å². The highest BCUT2D eigenvalue weighted by atomic mass is 15.3. The lowest BCUT2D eigenvalue weighted by Gasteiger charge is -2.38. The molecule has 1 fully saturated rings. The van der Waals surface area contributed by atoms with Gasteiger partial charge in [-0.1, -0.05) is 18.2 Å². The van der Waals surface area contributed by atoms with Gasteiger partial charge in [-0.2, -0.15) is 0 Å². The summed E-state index contributed by atoms with van der Waals surface area (Å²) in [6, 6.07) is 14.9. The molecule has 3 rings (SSSR count). The van der Waals surface area contributed by atoms with E-state index in [4.69, 9.17) is 5.73 Å². The van der Waals surface area contributed by atoms with Crippen molar-refractivity contribution in [1.29, 1.82) is 0 Å². The number of aryl methyl sites for hydroxylation is 1. The maximum Gasteiger partial charge on any atom is 0.0417 e. The van der Waals surface area contributed by atoms with Gasteiger partial charge in [-0.3, -0.25) is 0 Å². The van der Waals surface area contributed by atoms with Crippen molar-refractivity contribution < 1.29 is 0 Å². The molecule has 0 saturated carbocycles. The summed E-state index contributed by atoms with van der Waals surface area (Å²) in [5, 5.41) is 0. The molecule has 21 heavy (non-hydrogen) atoms. The highest BCUT2D eigenvalue weighted by molar-refractivity contribution is 5.65. The number of hydrogen-bond acceptors (Lipinski definition) is 3. The van der Waals surface area contributed by atoms with Gasteiger partial charge in [0, 0.05) is 43.2 Å². The van der Waals surface area contributed by atoms with Crippen LogP contribution in [-0.2, 0) is 0 Å². The van der Waals surface area contributed by atoms with Gasteiger partial charge in [0.2, 0.25) is 0 Å². The molecular weight excluding hydrogens is 258 g/mol. The Labute approximate surface area is 127 Å². The first-order valence-electron chi connectivity index (χ1n) is 7.57. The minimum atomic E-state index is 0.883. The third-order valence-electron chi connectivity index (χ3n) is 4.33. The van der Waals surface area contributed by atoms with Crippen LogP contribution in [-0.4, -0.2) is 26.2 Å². The number of nitrogens with zero attached hydrogens (tertiary/aromatic N) is 2. The van der Waals surface area contributed by atoms with E-state index in [1.165, 1.54) is 22.5 Å². The molecule has 1 heterocycles. The average molecular weight is 281 g/mol. The van der Waals surface area contributed by atoms with E-state index in [0.717, 1.165) is 31.9 Å². The van der Waals surface area contributed by atoms with Crippen molar-refractivity contribution in [2.45, 2.75) is 13.8 Å². The molecule has 110 valence electrons. The van der Waals surface area contributed by atoms with Crippen LogP contribution in [0.25, 0.3) is 0 Å². The van der Waals surface area contributed by atoms with E-state index in [9.17, 15) is 0 Å². The lowest BCUT2D eigenvalue weighted by Crippen LogP contribution is -2.46. The quantitative estimate of drug-likeness (QED) is 0.858. The van der Waals surface area contributed by atoms with E-state index in [-0.39, 0.29) is 0 Å². The SMILES string of the molecule is Cc1cccc(N2CCN(c3cccc(N)c3C)CC2)c1. The van der Waals surface area contributed by atoms with Gasteiger partial charge in [0.25, 0.3) is 0 Å². The maximum atomic E-state index is 6.03. The molecule has 0 bridgehead atoms. The number of benzene rings is 2. The van der Waals surface area contributed by atoms with Gasteiger partial charge in [0.05, 0.1) is 0 Å². The average Bonchev–Trinajstić information content (AvgIpc) is 2.50. The van der Waals surface area contributed by atoms with Crippen molar-refractivity contribution >= 4 is 17.1 Å². The lowest BCUT2D eigenvalue weighted by atomic mass is 10.1. The van der Waals surface area contributed by atoms with Gasteiger partial charge in [-0.25, -0.2) is 0 Å². The number of nitrogen functional groups attached to an aromatic ring is 1. The second-order valence-electron chi connectivity index (χ2n) is 5.80.